The summed E-state index contributed by atoms with van der Waals surface area (Å²) in [7, 11) is 0. The highest BCUT2D eigenvalue weighted by molar-refractivity contribution is 9.10. The molecule has 1 aromatic rings. The van der Waals surface area contributed by atoms with Crippen LogP contribution in [0.4, 0.5) is 10.1 Å². The van der Waals surface area contributed by atoms with Gasteiger partial charge in [0.1, 0.15) is 5.82 Å². The van der Waals surface area contributed by atoms with Gasteiger partial charge in [-0.15, -0.1) is 0 Å². The molecule has 0 radical (unpaired) electrons. The number of anilines is 1. The molecule has 0 amide bonds. The van der Waals surface area contributed by atoms with Crippen LogP contribution in [0, 0.1) is 11.7 Å². The highest BCUT2D eigenvalue weighted by Gasteiger charge is 2.13. The SMILES string of the molecule is Fc1ccc(Br)cc1NCC1CCNCC1. The first-order valence-electron chi connectivity index (χ1n) is 5.65. The molecule has 0 bridgehead atoms. The Morgan fingerprint density at radius 1 is 1.38 bits per heavy atom. The molecule has 2 nitrogen and oxygen atoms in total. The first-order valence-corrected chi connectivity index (χ1v) is 6.44. The Morgan fingerprint density at radius 2 is 2.12 bits per heavy atom. The number of hydrogen-bond acceptors (Lipinski definition) is 2. The Kier molecular flexibility index (Phi) is 4.18. The summed E-state index contributed by atoms with van der Waals surface area (Å²) in [6, 6.07) is 4.98. The van der Waals surface area contributed by atoms with Gasteiger partial charge in [0, 0.05) is 11.0 Å². The number of benzene rings is 1. The molecule has 16 heavy (non-hydrogen) atoms. The molecule has 1 aromatic carbocycles. The van der Waals surface area contributed by atoms with Gasteiger partial charge in [0.25, 0.3) is 0 Å². The summed E-state index contributed by atoms with van der Waals surface area (Å²) in [5.41, 5.74) is 0.591. The van der Waals surface area contributed by atoms with Gasteiger partial charge in [-0.1, -0.05) is 15.9 Å². The molecule has 1 heterocycles. The van der Waals surface area contributed by atoms with Gasteiger partial charge in [-0.3, -0.25) is 0 Å². The van der Waals surface area contributed by atoms with Gasteiger partial charge in [-0.05, 0) is 50.0 Å². The summed E-state index contributed by atoms with van der Waals surface area (Å²) in [6.45, 7) is 3.01. The second-order valence-corrected chi connectivity index (χ2v) is 5.11. The third-order valence-corrected chi connectivity index (χ3v) is 3.46. The Balaban J connectivity index is 1.90. The van der Waals surface area contributed by atoms with Gasteiger partial charge in [0.2, 0.25) is 0 Å². The van der Waals surface area contributed by atoms with Crippen LogP contribution in [-0.2, 0) is 0 Å². The molecule has 0 unspecified atom stereocenters. The first-order chi connectivity index (χ1) is 7.75. The largest absolute Gasteiger partial charge is 0.382 e. The van der Waals surface area contributed by atoms with Crippen LogP contribution in [0.2, 0.25) is 0 Å². The van der Waals surface area contributed by atoms with E-state index >= 15 is 0 Å². The lowest BCUT2D eigenvalue weighted by Gasteiger charge is -2.23. The van der Waals surface area contributed by atoms with E-state index in [1.165, 1.54) is 18.9 Å². The Hall–Kier alpha value is -0.610. The zero-order chi connectivity index (χ0) is 11.4. The van der Waals surface area contributed by atoms with Crippen LogP contribution in [0.1, 0.15) is 12.8 Å². The van der Waals surface area contributed by atoms with Crippen molar-refractivity contribution < 1.29 is 4.39 Å². The van der Waals surface area contributed by atoms with E-state index in [9.17, 15) is 4.39 Å². The van der Waals surface area contributed by atoms with Crippen LogP contribution >= 0.6 is 15.9 Å². The van der Waals surface area contributed by atoms with E-state index in [1.807, 2.05) is 0 Å². The number of hydrogen-bond donors (Lipinski definition) is 2. The van der Waals surface area contributed by atoms with Crippen LogP contribution in [0.3, 0.4) is 0 Å². The molecular weight excluding hydrogens is 271 g/mol. The Labute approximate surface area is 104 Å². The molecule has 0 aromatic heterocycles. The molecule has 0 atom stereocenters. The molecule has 0 spiro atoms. The minimum absolute atomic E-state index is 0.183. The van der Waals surface area contributed by atoms with Crippen LogP contribution in [0.5, 0.6) is 0 Å². The van der Waals surface area contributed by atoms with E-state index in [4.69, 9.17) is 0 Å². The topological polar surface area (TPSA) is 24.1 Å². The molecule has 1 saturated heterocycles. The minimum Gasteiger partial charge on any atom is -0.382 e. The van der Waals surface area contributed by atoms with E-state index in [1.54, 1.807) is 12.1 Å². The van der Waals surface area contributed by atoms with Gasteiger partial charge in [0.15, 0.2) is 0 Å². The van der Waals surface area contributed by atoms with Crippen LogP contribution in [0.25, 0.3) is 0 Å². The predicted octanol–water partition coefficient (Wildman–Crippen LogP) is 3.00. The molecule has 1 aliphatic heterocycles. The van der Waals surface area contributed by atoms with Crippen LogP contribution in [0.15, 0.2) is 22.7 Å². The standard InChI is InChI=1S/C12H16BrFN2/c13-10-1-2-11(14)12(7-10)16-8-9-3-5-15-6-4-9/h1-2,7,9,15-16H,3-6,8H2. The third kappa shape index (κ3) is 3.19. The molecule has 2 N–H and O–H groups in total. The van der Waals surface area contributed by atoms with Crippen molar-refractivity contribution in [3.63, 3.8) is 0 Å². The van der Waals surface area contributed by atoms with Crippen molar-refractivity contribution in [2.75, 3.05) is 25.0 Å². The van der Waals surface area contributed by atoms with E-state index < -0.39 is 0 Å². The molecular formula is C12H16BrFN2. The quantitative estimate of drug-likeness (QED) is 0.893. The smallest absolute Gasteiger partial charge is 0.146 e. The monoisotopic (exact) mass is 286 g/mol. The van der Waals surface area contributed by atoms with E-state index in [-0.39, 0.29) is 5.82 Å². The van der Waals surface area contributed by atoms with Crippen molar-refractivity contribution in [3.05, 3.63) is 28.5 Å². The van der Waals surface area contributed by atoms with Crippen molar-refractivity contribution in [2.45, 2.75) is 12.8 Å². The minimum atomic E-state index is -0.183. The lowest BCUT2D eigenvalue weighted by atomic mass is 9.98. The molecule has 1 aliphatic rings. The summed E-state index contributed by atoms with van der Waals surface area (Å²) in [5.74, 6) is 0.469. The average Bonchev–Trinajstić information content (AvgIpc) is 2.32. The molecule has 0 saturated carbocycles. The third-order valence-electron chi connectivity index (χ3n) is 2.97. The average molecular weight is 287 g/mol. The number of piperidine rings is 1. The van der Waals surface area contributed by atoms with Crippen molar-refractivity contribution in [1.82, 2.24) is 5.32 Å². The Morgan fingerprint density at radius 3 is 2.88 bits per heavy atom. The zero-order valence-electron chi connectivity index (χ0n) is 9.10. The number of rotatable bonds is 3. The molecule has 4 heteroatoms. The van der Waals surface area contributed by atoms with Crippen molar-refractivity contribution in [3.8, 4) is 0 Å². The summed E-state index contributed by atoms with van der Waals surface area (Å²) < 4.78 is 14.3. The van der Waals surface area contributed by atoms with E-state index in [0.29, 0.717) is 11.6 Å². The summed E-state index contributed by atoms with van der Waals surface area (Å²) in [4.78, 5) is 0. The maximum Gasteiger partial charge on any atom is 0.146 e. The highest BCUT2D eigenvalue weighted by atomic mass is 79.9. The predicted molar refractivity (Wildman–Crippen MR) is 68.2 cm³/mol. The maximum atomic E-state index is 13.4. The van der Waals surface area contributed by atoms with Crippen LogP contribution < -0.4 is 10.6 Å². The van der Waals surface area contributed by atoms with Gasteiger partial charge >= 0.3 is 0 Å². The molecule has 2 rings (SSSR count). The van der Waals surface area contributed by atoms with Gasteiger partial charge in [-0.25, -0.2) is 4.39 Å². The molecule has 88 valence electrons. The summed E-state index contributed by atoms with van der Waals surface area (Å²) in [5, 5.41) is 6.51. The number of nitrogens with one attached hydrogen (secondary N) is 2. The Bertz CT molecular complexity index is 351. The summed E-state index contributed by atoms with van der Waals surface area (Å²) >= 11 is 3.35. The number of halogens is 2. The highest BCUT2D eigenvalue weighted by Crippen LogP contribution is 2.21. The lowest BCUT2D eigenvalue weighted by molar-refractivity contribution is 0.389. The molecule has 0 aliphatic carbocycles. The lowest BCUT2D eigenvalue weighted by Crippen LogP contribution is -2.31. The second-order valence-electron chi connectivity index (χ2n) is 4.20. The normalized spacial score (nSPS) is 17.4. The molecule has 1 fully saturated rings. The van der Waals surface area contributed by atoms with Crippen LogP contribution in [-0.4, -0.2) is 19.6 Å². The van der Waals surface area contributed by atoms with E-state index in [0.717, 1.165) is 24.1 Å². The fraction of sp³-hybridized carbons (Fsp3) is 0.500. The van der Waals surface area contributed by atoms with Crippen molar-refractivity contribution >= 4 is 21.6 Å². The second kappa shape index (κ2) is 5.64. The van der Waals surface area contributed by atoms with E-state index in [2.05, 4.69) is 26.6 Å². The van der Waals surface area contributed by atoms with Crippen molar-refractivity contribution in [1.29, 1.82) is 0 Å². The van der Waals surface area contributed by atoms with Gasteiger partial charge < -0.3 is 10.6 Å². The van der Waals surface area contributed by atoms with Gasteiger partial charge in [0.05, 0.1) is 5.69 Å². The first kappa shape index (κ1) is 11.9. The maximum absolute atomic E-state index is 13.4. The zero-order valence-corrected chi connectivity index (χ0v) is 10.7. The van der Waals surface area contributed by atoms with Gasteiger partial charge in [-0.2, -0.15) is 0 Å². The summed E-state index contributed by atoms with van der Waals surface area (Å²) in [6.07, 6.45) is 2.34. The fourth-order valence-electron chi connectivity index (χ4n) is 1.97. The van der Waals surface area contributed by atoms with Crippen molar-refractivity contribution in [2.24, 2.45) is 5.92 Å². The fourth-order valence-corrected chi connectivity index (χ4v) is 2.33.